The molecule has 2 aromatic carbocycles. The fraction of sp³-hybridized carbons (Fsp3) is 0.462. The van der Waals surface area contributed by atoms with Crippen molar-refractivity contribution in [3.8, 4) is 11.5 Å². The molecular weight excluding hydrogens is 423 g/mol. The van der Waals surface area contributed by atoms with Crippen molar-refractivity contribution in [2.24, 2.45) is 5.92 Å². The molecule has 0 saturated carbocycles. The van der Waals surface area contributed by atoms with Gasteiger partial charge in [-0.15, -0.1) is 0 Å². The normalized spacial score (nSPS) is 11.7. The van der Waals surface area contributed by atoms with E-state index in [1.165, 1.54) is 12.1 Å². The summed E-state index contributed by atoms with van der Waals surface area (Å²) in [4.78, 5) is 27.8. The molecule has 0 radical (unpaired) electrons. The van der Waals surface area contributed by atoms with Crippen LogP contribution in [0.4, 0.5) is 4.39 Å². The number of nitrogens with zero attached hydrogens (tertiary/aromatic N) is 1. The lowest BCUT2D eigenvalue weighted by Gasteiger charge is -2.31. The smallest absolute Gasteiger partial charge is 0.242 e. The van der Waals surface area contributed by atoms with Gasteiger partial charge in [-0.25, -0.2) is 4.39 Å². The van der Waals surface area contributed by atoms with Gasteiger partial charge in [-0.05, 0) is 54.2 Å². The summed E-state index contributed by atoms with van der Waals surface area (Å²) >= 11 is 0. The number of aryl methyl sites for hydroxylation is 1. The molecule has 2 amide bonds. The Balaban J connectivity index is 2.20. The Kier molecular flexibility index (Phi) is 10.2. The topological polar surface area (TPSA) is 67.9 Å². The summed E-state index contributed by atoms with van der Waals surface area (Å²) in [5, 5.41) is 2.94. The van der Waals surface area contributed by atoms with Crippen LogP contribution in [0.5, 0.6) is 11.5 Å². The maximum absolute atomic E-state index is 13.4. The molecule has 0 spiro atoms. The molecule has 33 heavy (non-hydrogen) atoms. The van der Waals surface area contributed by atoms with Crippen LogP contribution in [0.15, 0.2) is 42.5 Å². The fourth-order valence-corrected chi connectivity index (χ4v) is 3.56. The van der Waals surface area contributed by atoms with Crippen LogP contribution in [0.25, 0.3) is 0 Å². The summed E-state index contributed by atoms with van der Waals surface area (Å²) in [6.07, 6.45) is 1.20. The van der Waals surface area contributed by atoms with Crippen molar-refractivity contribution in [3.63, 3.8) is 0 Å². The average Bonchev–Trinajstić information content (AvgIpc) is 2.81. The minimum absolute atomic E-state index is 0.138. The van der Waals surface area contributed by atoms with Crippen molar-refractivity contribution in [2.45, 2.75) is 52.6 Å². The minimum atomic E-state index is -0.605. The molecule has 180 valence electrons. The number of hydrogen-bond donors (Lipinski definition) is 1. The van der Waals surface area contributed by atoms with E-state index in [0.29, 0.717) is 36.8 Å². The lowest BCUT2D eigenvalue weighted by molar-refractivity contribution is -0.141. The number of benzene rings is 2. The van der Waals surface area contributed by atoms with Gasteiger partial charge in [-0.3, -0.25) is 9.59 Å². The Hall–Kier alpha value is -3.09. The minimum Gasteiger partial charge on any atom is -0.493 e. The highest BCUT2D eigenvalue weighted by Crippen LogP contribution is 2.28. The number of carbonyl (C=O) groups is 2. The highest BCUT2D eigenvalue weighted by atomic mass is 19.1. The maximum Gasteiger partial charge on any atom is 0.242 e. The van der Waals surface area contributed by atoms with Gasteiger partial charge < -0.3 is 19.7 Å². The van der Waals surface area contributed by atoms with Gasteiger partial charge in [0, 0.05) is 19.5 Å². The standard InChI is InChI=1S/C26H35FN2O4/c1-6-22(26(31)28-16-18(2)3)29(17-20-7-11-21(27)12-8-20)25(30)14-10-19-9-13-23(32-4)24(15-19)33-5/h7-9,11-13,15,18,22H,6,10,14,16-17H2,1-5H3,(H,28,31)/t22-/m0/s1. The van der Waals surface area contributed by atoms with E-state index in [1.807, 2.05) is 39.0 Å². The predicted octanol–water partition coefficient (Wildman–Crippen LogP) is 4.36. The van der Waals surface area contributed by atoms with E-state index < -0.39 is 6.04 Å². The van der Waals surface area contributed by atoms with Gasteiger partial charge in [0.25, 0.3) is 0 Å². The first-order valence-electron chi connectivity index (χ1n) is 11.3. The average molecular weight is 459 g/mol. The number of ether oxygens (including phenoxy) is 2. The van der Waals surface area contributed by atoms with E-state index in [4.69, 9.17) is 9.47 Å². The van der Waals surface area contributed by atoms with Crippen LogP contribution in [0.1, 0.15) is 44.7 Å². The predicted molar refractivity (Wildman–Crippen MR) is 127 cm³/mol. The molecule has 0 heterocycles. The molecule has 0 fully saturated rings. The van der Waals surface area contributed by atoms with Gasteiger partial charge in [0.2, 0.25) is 11.8 Å². The van der Waals surface area contributed by atoms with Gasteiger partial charge in [-0.1, -0.05) is 39.0 Å². The summed E-state index contributed by atoms with van der Waals surface area (Å²) < 4.78 is 24.0. The lowest BCUT2D eigenvalue weighted by Crippen LogP contribution is -2.49. The van der Waals surface area contributed by atoms with E-state index in [0.717, 1.165) is 11.1 Å². The van der Waals surface area contributed by atoms with Gasteiger partial charge in [0.15, 0.2) is 11.5 Å². The summed E-state index contributed by atoms with van der Waals surface area (Å²) in [5.74, 6) is 0.876. The van der Waals surface area contributed by atoms with Crippen molar-refractivity contribution < 1.29 is 23.5 Å². The van der Waals surface area contributed by atoms with Crippen LogP contribution in [-0.2, 0) is 22.6 Å². The third-order valence-corrected chi connectivity index (χ3v) is 5.41. The number of nitrogens with one attached hydrogen (secondary N) is 1. The molecule has 2 rings (SSSR count). The zero-order chi connectivity index (χ0) is 24.4. The highest BCUT2D eigenvalue weighted by molar-refractivity contribution is 5.87. The molecule has 2 aromatic rings. The second-order valence-corrected chi connectivity index (χ2v) is 8.40. The van der Waals surface area contributed by atoms with Crippen LogP contribution >= 0.6 is 0 Å². The molecule has 0 bridgehead atoms. The fourth-order valence-electron chi connectivity index (χ4n) is 3.56. The highest BCUT2D eigenvalue weighted by Gasteiger charge is 2.28. The van der Waals surface area contributed by atoms with Crippen molar-refractivity contribution in [1.82, 2.24) is 10.2 Å². The SMILES string of the molecule is CC[C@@H](C(=O)NCC(C)C)N(Cc1ccc(F)cc1)C(=O)CCc1ccc(OC)c(OC)c1. The summed E-state index contributed by atoms with van der Waals surface area (Å²) in [7, 11) is 3.14. The van der Waals surface area contributed by atoms with Crippen LogP contribution in [-0.4, -0.2) is 43.5 Å². The molecular formula is C26H35FN2O4. The van der Waals surface area contributed by atoms with Gasteiger partial charge in [0.05, 0.1) is 14.2 Å². The number of amides is 2. The summed E-state index contributed by atoms with van der Waals surface area (Å²) in [6, 6.07) is 11.0. The van der Waals surface area contributed by atoms with E-state index >= 15 is 0 Å². The van der Waals surface area contributed by atoms with Crippen molar-refractivity contribution in [3.05, 3.63) is 59.4 Å². The lowest BCUT2D eigenvalue weighted by atomic mass is 10.1. The third-order valence-electron chi connectivity index (χ3n) is 5.41. The summed E-state index contributed by atoms with van der Waals surface area (Å²) in [5.41, 5.74) is 1.70. The molecule has 1 atom stereocenters. The van der Waals surface area contributed by atoms with Gasteiger partial charge in [0.1, 0.15) is 11.9 Å². The largest absolute Gasteiger partial charge is 0.493 e. The first-order valence-corrected chi connectivity index (χ1v) is 11.3. The molecule has 7 heteroatoms. The molecule has 1 N–H and O–H groups in total. The number of methoxy groups -OCH3 is 2. The molecule has 6 nitrogen and oxygen atoms in total. The van der Waals surface area contributed by atoms with Gasteiger partial charge >= 0.3 is 0 Å². The number of rotatable bonds is 12. The van der Waals surface area contributed by atoms with Crippen molar-refractivity contribution >= 4 is 11.8 Å². The first-order chi connectivity index (χ1) is 15.8. The Morgan fingerprint density at radius 1 is 1.00 bits per heavy atom. The zero-order valence-corrected chi connectivity index (χ0v) is 20.2. The van der Waals surface area contributed by atoms with Crippen molar-refractivity contribution in [1.29, 1.82) is 0 Å². The first kappa shape index (κ1) is 26.2. The Labute approximate surface area is 196 Å². The number of hydrogen-bond acceptors (Lipinski definition) is 4. The maximum atomic E-state index is 13.4. The van der Waals surface area contributed by atoms with E-state index in [9.17, 15) is 14.0 Å². The van der Waals surface area contributed by atoms with E-state index in [2.05, 4.69) is 5.32 Å². The number of halogens is 1. The Bertz CT molecular complexity index is 915. The Morgan fingerprint density at radius 3 is 2.21 bits per heavy atom. The monoisotopic (exact) mass is 458 g/mol. The van der Waals surface area contributed by atoms with Crippen molar-refractivity contribution in [2.75, 3.05) is 20.8 Å². The molecule has 0 aliphatic carbocycles. The van der Waals surface area contributed by atoms with Gasteiger partial charge in [-0.2, -0.15) is 0 Å². The van der Waals surface area contributed by atoms with E-state index in [-0.39, 0.29) is 30.6 Å². The van der Waals surface area contributed by atoms with Crippen LogP contribution in [0.3, 0.4) is 0 Å². The Morgan fingerprint density at radius 2 is 1.64 bits per heavy atom. The molecule has 0 saturated heterocycles. The molecule has 0 aliphatic heterocycles. The zero-order valence-electron chi connectivity index (χ0n) is 20.2. The third kappa shape index (κ3) is 7.77. The second-order valence-electron chi connectivity index (χ2n) is 8.40. The van der Waals surface area contributed by atoms with Crippen LogP contribution in [0.2, 0.25) is 0 Å². The summed E-state index contributed by atoms with van der Waals surface area (Å²) in [6.45, 7) is 6.70. The van der Waals surface area contributed by atoms with Crippen LogP contribution < -0.4 is 14.8 Å². The second kappa shape index (κ2) is 12.8. The van der Waals surface area contributed by atoms with E-state index in [1.54, 1.807) is 31.3 Å². The quantitative estimate of drug-likeness (QED) is 0.513. The molecule has 0 aliphatic rings. The molecule has 0 unspecified atom stereocenters. The van der Waals surface area contributed by atoms with Crippen LogP contribution in [0, 0.1) is 11.7 Å². The number of carbonyl (C=O) groups excluding carboxylic acids is 2. The molecule has 0 aromatic heterocycles.